The van der Waals surface area contributed by atoms with Gasteiger partial charge in [0.2, 0.25) is 5.95 Å². The van der Waals surface area contributed by atoms with Crippen molar-refractivity contribution < 1.29 is 0 Å². The number of nitrogens with zero attached hydrogens (tertiary/aromatic N) is 2. The van der Waals surface area contributed by atoms with Crippen molar-refractivity contribution in [3.8, 4) is 0 Å². The number of benzene rings is 1. The molecule has 1 aromatic carbocycles. The lowest BCUT2D eigenvalue weighted by Gasteiger charge is -2.05. The Bertz CT molecular complexity index is 539. The van der Waals surface area contributed by atoms with Crippen LogP contribution in [0.25, 0.3) is 0 Å². The summed E-state index contributed by atoms with van der Waals surface area (Å²) in [5, 5.41) is 7.11. The zero-order valence-corrected chi connectivity index (χ0v) is 9.83. The number of nitrogens with one attached hydrogen (secondary N) is 2. The van der Waals surface area contributed by atoms with E-state index in [4.69, 9.17) is 11.6 Å². The molecule has 0 bridgehead atoms. The van der Waals surface area contributed by atoms with Crippen molar-refractivity contribution in [3.05, 3.63) is 46.7 Å². The summed E-state index contributed by atoms with van der Waals surface area (Å²) in [4.78, 5) is 8.73. The van der Waals surface area contributed by atoms with Gasteiger partial charge in [0, 0.05) is 35.6 Å². The molecule has 0 amide bonds. The molecule has 0 unspecified atom stereocenters. The maximum Gasteiger partial charge on any atom is 0.227 e. The Balaban J connectivity index is 1.83. The van der Waals surface area contributed by atoms with Gasteiger partial charge < -0.3 is 10.6 Å². The normalized spacial score (nSPS) is 13.5. The van der Waals surface area contributed by atoms with Gasteiger partial charge in [0.05, 0.1) is 5.69 Å². The van der Waals surface area contributed by atoms with Crippen LogP contribution in [0.2, 0.25) is 5.02 Å². The summed E-state index contributed by atoms with van der Waals surface area (Å²) in [6.07, 6.45) is 1.86. The molecule has 3 rings (SSSR count). The van der Waals surface area contributed by atoms with Gasteiger partial charge in [0.15, 0.2) is 0 Å². The monoisotopic (exact) mass is 246 g/mol. The van der Waals surface area contributed by atoms with Gasteiger partial charge in [-0.2, -0.15) is 0 Å². The highest BCUT2D eigenvalue weighted by atomic mass is 35.5. The van der Waals surface area contributed by atoms with Crippen LogP contribution in [0.3, 0.4) is 0 Å². The van der Waals surface area contributed by atoms with Gasteiger partial charge >= 0.3 is 0 Å². The molecule has 1 aliphatic heterocycles. The third-order valence-electron chi connectivity index (χ3n) is 2.66. The van der Waals surface area contributed by atoms with Crippen LogP contribution in [0.5, 0.6) is 0 Å². The largest absolute Gasteiger partial charge is 0.324 e. The van der Waals surface area contributed by atoms with E-state index in [0.29, 0.717) is 5.95 Å². The summed E-state index contributed by atoms with van der Waals surface area (Å²) in [5.74, 6) is 0.620. The van der Waals surface area contributed by atoms with E-state index >= 15 is 0 Å². The van der Waals surface area contributed by atoms with E-state index in [0.717, 1.165) is 29.5 Å². The minimum absolute atomic E-state index is 0.620. The SMILES string of the molecule is Clc1ccc(Nc2ncc3c(n2)CNC3)cc1. The third kappa shape index (κ3) is 2.23. The molecule has 5 heteroatoms. The van der Waals surface area contributed by atoms with E-state index in [9.17, 15) is 0 Å². The number of rotatable bonds is 2. The second-order valence-corrected chi connectivity index (χ2v) is 4.34. The van der Waals surface area contributed by atoms with Gasteiger partial charge in [-0.3, -0.25) is 0 Å². The molecule has 0 radical (unpaired) electrons. The van der Waals surface area contributed by atoms with Crippen LogP contribution in [-0.4, -0.2) is 9.97 Å². The molecule has 1 aromatic heterocycles. The van der Waals surface area contributed by atoms with Crippen LogP contribution in [0.4, 0.5) is 11.6 Å². The van der Waals surface area contributed by atoms with Gasteiger partial charge in [-0.05, 0) is 24.3 Å². The van der Waals surface area contributed by atoms with Crippen molar-refractivity contribution in [1.82, 2.24) is 15.3 Å². The molecule has 4 nitrogen and oxygen atoms in total. The van der Waals surface area contributed by atoms with Crippen LogP contribution >= 0.6 is 11.6 Å². The zero-order chi connectivity index (χ0) is 11.7. The molecule has 17 heavy (non-hydrogen) atoms. The maximum atomic E-state index is 5.82. The van der Waals surface area contributed by atoms with Crippen LogP contribution in [-0.2, 0) is 13.1 Å². The Hall–Kier alpha value is -1.65. The Labute approximate surface area is 104 Å². The molecule has 0 atom stereocenters. The summed E-state index contributed by atoms with van der Waals surface area (Å²) in [6, 6.07) is 7.46. The van der Waals surface area contributed by atoms with Crippen molar-refractivity contribution in [2.24, 2.45) is 0 Å². The van der Waals surface area contributed by atoms with E-state index in [-0.39, 0.29) is 0 Å². The van der Waals surface area contributed by atoms with Gasteiger partial charge in [-0.25, -0.2) is 9.97 Å². The van der Waals surface area contributed by atoms with Crippen LogP contribution < -0.4 is 10.6 Å². The first-order valence-corrected chi connectivity index (χ1v) is 5.77. The molecular formula is C12H11ClN4. The number of hydrogen-bond acceptors (Lipinski definition) is 4. The molecule has 0 aliphatic carbocycles. The summed E-state index contributed by atoms with van der Waals surface area (Å²) < 4.78 is 0. The minimum Gasteiger partial charge on any atom is -0.324 e. The predicted octanol–water partition coefficient (Wildman–Crippen LogP) is 2.48. The van der Waals surface area contributed by atoms with Crippen molar-refractivity contribution >= 4 is 23.2 Å². The fourth-order valence-electron chi connectivity index (χ4n) is 1.78. The van der Waals surface area contributed by atoms with E-state index in [1.54, 1.807) is 0 Å². The lowest BCUT2D eigenvalue weighted by molar-refractivity contribution is 0.758. The number of aromatic nitrogens is 2. The Morgan fingerprint density at radius 2 is 2.00 bits per heavy atom. The fourth-order valence-corrected chi connectivity index (χ4v) is 1.91. The minimum atomic E-state index is 0.620. The smallest absolute Gasteiger partial charge is 0.227 e. The molecule has 2 N–H and O–H groups in total. The van der Waals surface area contributed by atoms with Crippen molar-refractivity contribution in [2.45, 2.75) is 13.1 Å². The van der Waals surface area contributed by atoms with Gasteiger partial charge in [0.1, 0.15) is 0 Å². The first kappa shape index (κ1) is 10.5. The third-order valence-corrected chi connectivity index (χ3v) is 2.91. The van der Waals surface area contributed by atoms with E-state index in [1.807, 2.05) is 30.5 Å². The zero-order valence-electron chi connectivity index (χ0n) is 9.07. The summed E-state index contributed by atoms with van der Waals surface area (Å²) in [5.41, 5.74) is 3.17. The van der Waals surface area contributed by atoms with Crippen molar-refractivity contribution in [2.75, 3.05) is 5.32 Å². The Morgan fingerprint density at radius 1 is 1.18 bits per heavy atom. The fraction of sp³-hybridized carbons (Fsp3) is 0.167. The predicted molar refractivity (Wildman–Crippen MR) is 67.3 cm³/mol. The topological polar surface area (TPSA) is 49.8 Å². The summed E-state index contributed by atoms with van der Waals surface area (Å²) >= 11 is 5.82. The second-order valence-electron chi connectivity index (χ2n) is 3.90. The molecular weight excluding hydrogens is 236 g/mol. The summed E-state index contributed by atoms with van der Waals surface area (Å²) in [6.45, 7) is 1.67. The molecule has 0 saturated carbocycles. The molecule has 0 spiro atoms. The first-order chi connectivity index (χ1) is 8.31. The van der Waals surface area contributed by atoms with E-state index in [1.165, 1.54) is 5.56 Å². The molecule has 0 fully saturated rings. The lowest BCUT2D eigenvalue weighted by Crippen LogP contribution is -2.01. The van der Waals surface area contributed by atoms with Crippen molar-refractivity contribution in [3.63, 3.8) is 0 Å². The van der Waals surface area contributed by atoms with Crippen molar-refractivity contribution in [1.29, 1.82) is 0 Å². The Morgan fingerprint density at radius 3 is 2.82 bits per heavy atom. The maximum absolute atomic E-state index is 5.82. The highest BCUT2D eigenvalue weighted by molar-refractivity contribution is 6.30. The molecule has 86 valence electrons. The second kappa shape index (κ2) is 4.31. The average Bonchev–Trinajstić information content (AvgIpc) is 2.79. The van der Waals surface area contributed by atoms with Gasteiger partial charge in [0.25, 0.3) is 0 Å². The number of anilines is 2. The van der Waals surface area contributed by atoms with Crippen LogP contribution in [0.1, 0.15) is 11.3 Å². The van der Waals surface area contributed by atoms with E-state index in [2.05, 4.69) is 20.6 Å². The number of fused-ring (bicyclic) bond motifs is 1. The molecule has 2 aromatic rings. The Kier molecular flexibility index (Phi) is 2.66. The standard InChI is InChI=1S/C12H11ClN4/c13-9-1-3-10(4-2-9)16-12-15-6-8-5-14-7-11(8)17-12/h1-4,6,14H,5,7H2,(H,15,16,17). The average molecular weight is 247 g/mol. The summed E-state index contributed by atoms with van der Waals surface area (Å²) in [7, 11) is 0. The lowest BCUT2D eigenvalue weighted by atomic mass is 10.3. The highest BCUT2D eigenvalue weighted by Crippen LogP contribution is 2.18. The van der Waals surface area contributed by atoms with E-state index < -0.39 is 0 Å². The van der Waals surface area contributed by atoms with Crippen LogP contribution in [0.15, 0.2) is 30.5 Å². The number of hydrogen-bond donors (Lipinski definition) is 2. The first-order valence-electron chi connectivity index (χ1n) is 5.39. The highest BCUT2D eigenvalue weighted by Gasteiger charge is 2.12. The molecule has 0 saturated heterocycles. The molecule has 1 aliphatic rings. The van der Waals surface area contributed by atoms with Gasteiger partial charge in [-0.15, -0.1) is 0 Å². The van der Waals surface area contributed by atoms with Gasteiger partial charge in [-0.1, -0.05) is 11.6 Å². The quantitative estimate of drug-likeness (QED) is 0.855. The molecule has 2 heterocycles. The van der Waals surface area contributed by atoms with Crippen LogP contribution in [0, 0.1) is 0 Å². The number of halogens is 1.